The van der Waals surface area contributed by atoms with Crippen LogP contribution in [0.15, 0.2) is 46.9 Å². The summed E-state index contributed by atoms with van der Waals surface area (Å²) in [6.07, 6.45) is 0.844. The van der Waals surface area contributed by atoms with Gasteiger partial charge in [-0.2, -0.15) is 0 Å². The largest absolute Gasteiger partial charge is 0.466 e. The molecule has 0 aliphatic carbocycles. The van der Waals surface area contributed by atoms with Gasteiger partial charge in [-0.15, -0.1) is 0 Å². The summed E-state index contributed by atoms with van der Waals surface area (Å²) in [7, 11) is 0. The Bertz CT molecular complexity index is 373. The highest BCUT2D eigenvalue weighted by atomic mass is 16.3. The van der Waals surface area contributed by atoms with Gasteiger partial charge in [-0.1, -0.05) is 30.3 Å². The molecule has 0 atom stereocenters. The highest BCUT2D eigenvalue weighted by Crippen LogP contribution is 2.11. The van der Waals surface area contributed by atoms with Crippen molar-refractivity contribution in [2.45, 2.75) is 6.42 Å². The van der Waals surface area contributed by atoms with Crippen LogP contribution in [0.2, 0.25) is 0 Å². The number of benzene rings is 1. The van der Waals surface area contributed by atoms with E-state index in [0.29, 0.717) is 0 Å². The predicted octanol–water partition coefficient (Wildman–Crippen LogP) is 3.05. The Morgan fingerprint density at radius 3 is 2.38 bits per heavy atom. The molecule has 0 N–H and O–H groups in total. The van der Waals surface area contributed by atoms with E-state index in [-0.39, 0.29) is 0 Å². The third-order valence-corrected chi connectivity index (χ3v) is 1.94. The fraction of sp³-hybridized carbons (Fsp3) is 0.0833. The fourth-order valence-electron chi connectivity index (χ4n) is 1.31. The molecule has 1 aromatic heterocycles. The van der Waals surface area contributed by atoms with Crippen molar-refractivity contribution in [2.75, 3.05) is 0 Å². The molecule has 1 heteroatoms. The topological polar surface area (TPSA) is 13.1 Å². The van der Waals surface area contributed by atoms with Crippen molar-refractivity contribution in [3.05, 3.63) is 66.5 Å². The molecule has 1 aromatic carbocycles. The van der Waals surface area contributed by atoms with Gasteiger partial charge in [0.2, 0.25) is 0 Å². The quantitative estimate of drug-likeness (QED) is 0.676. The standard InChI is InChI=1S/C12H11O/c1-10-7-8-12(13-10)9-11-5-3-2-4-6-11/h2-8H,1,9H2. The van der Waals surface area contributed by atoms with Crippen LogP contribution < -0.4 is 0 Å². The van der Waals surface area contributed by atoms with Gasteiger partial charge in [-0.3, -0.25) is 0 Å². The minimum Gasteiger partial charge on any atom is -0.466 e. The van der Waals surface area contributed by atoms with Crippen LogP contribution in [-0.2, 0) is 6.42 Å². The van der Waals surface area contributed by atoms with Crippen LogP contribution >= 0.6 is 0 Å². The number of hydrogen-bond donors (Lipinski definition) is 0. The Balaban J connectivity index is 2.15. The highest BCUT2D eigenvalue weighted by Gasteiger charge is 1.99. The molecule has 0 fully saturated rings. The predicted molar refractivity (Wildman–Crippen MR) is 52.4 cm³/mol. The summed E-state index contributed by atoms with van der Waals surface area (Å²) in [6, 6.07) is 14.1. The molecule has 65 valence electrons. The van der Waals surface area contributed by atoms with E-state index in [1.54, 1.807) is 0 Å². The highest BCUT2D eigenvalue weighted by molar-refractivity contribution is 5.21. The maximum absolute atomic E-state index is 5.38. The second-order valence-electron chi connectivity index (χ2n) is 3.03. The van der Waals surface area contributed by atoms with Gasteiger partial charge in [0.15, 0.2) is 0 Å². The minimum atomic E-state index is 0.728. The third-order valence-electron chi connectivity index (χ3n) is 1.94. The number of furan rings is 1. The van der Waals surface area contributed by atoms with Crippen molar-refractivity contribution in [3.8, 4) is 0 Å². The Hall–Kier alpha value is -1.50. The zero-order valence-corrected chi connectivity index (χ0v) is 7.36. The van der Waals surface area contributed by atoms with E-state index in [1.165, 1.54) is 5.56 Å². The molecular weight excluding hydrogens is 160 g/mol. The summed E-state index contributed by atoms with van der Waals surface area (Å²) < 4.78 is 5.38. The summed E-state index contributed by atoms with van der Waals surface area (Å²) >= 11 is 0. The van der Waals surface area contributed by atoms with Crippen LogP contribution in [0.4, 0.5) is 0 Å². The lowest BCUT2D eigenvalue weighted by atomic mass is 10.1. The van der Waals surface area contributed by atoms with E-state index in [9.17, 15) is 0 Å². The summed E-state index contributed by atoms with van der Waals surface area (Å²) in [5.41, 5.74) is 1.26. The van der Waals surface area contributed by atoms with Gasteiger partial charge < -0.3 is 4.42 Å². The second-order valence-corrected chi connectivity index (χ2v) is 3.03. The summed E-state index contributed by atoms with van der Waals surface area (Å²) in [4.78, 5) is 0. The van der Waals surface area contributed by atoms with Crippen molar-refractivity contribution >= 4 is 0 Å². The first-order valence-electron chi connectivity index (χ1n) is 4.29. The second kappa shape index (κ2) is 3.48. The molecule has 0 spiro atoms. The van der Waals surface area contributed by atoms with Crippen molar-refractivity contribution in [2.24, 2.45) is 0 Å². The molecular formula is C12H11O. The molecule has 0 aliphatic rings. The summed E-state index contributed by atoms with van der Waals surface area (Å²) in [5.74, 6) is 1.70. The molecule has 0 unspecified atom stereocenters. The van der Waals surface area contributed by atoms with E-state index >= 15 is 0 Å². The van der Waals surface area contributed by atoms with Gasteiger partial charge >= 0.3 is 0 Å². The molecule has 2 aromatic rings. The average Bonchev–Trinajstić information content (AvgIpc) is 2.53. The van der Waals surface area contributed by atoms with Crippen LogP contribution in [0.5, 0.6) is 0 Å². The molecule has 1 nitrogen and oxygen atoms in total. The first kappa shape index (κ1) is 8.11. The molecule has 0 saturated carbocycles. The van der Waals surface area contributed by atoms with E-state index < -0.39 is 0 Å². The summed E-state index contributed by atoms with van der Waals surface area (Å²) in [6.45, 7) is 3.72. The van der Waals surface area contributed by atoms with Crippen molar-refractivity contribution < 1.29 is 4.42 Å². The first-order chi connectivity index (χ1) is 6.34. The van der Waals surface area contributed by atoms with Gasteiger partial charge in [0.25, 0.3) is 0 Å². The molecule has 1 radical (unpaired) electrons. The van der Waals surface area contributed by atoms with Crippen LogP contribution in [0.1, 0.15) is 17.1 Å². The Morgan fingerprint density at radius 1 is 1.00 bits per heavy atom. The van der Waals surface area contributed by atoms with Crippen LogP contribution in [-0.4, -0.2) is 0 Å². The molecule has 0 bridgehead atoms. The first-order valence-corrected chi connectivity index (χ1v) is 4.29. The van der Waals surface area contributed by atoms with Crippen LogP contribution in [0.3, 0.4) is 0 Å². The molecule has 2 rings (SSSR count). The van der Waals surface area contributed by atoms with Gasteiger partial charge in [-0.25, -0.2) is 0 Å². The van der Waals surface area contributed by atoms with Crippen LogP contribution in [0.25, 0.3) is 0 Å². The Kier molecular flexibility index (Phi) is 2.17. The van der Waals surface area contributed by atoms with Gasteiger partial charge in [0, 0.05) is 13.3 Å². The van der Waals surface area contributed by atoms with Crippen molar-refractivity contribution in [3.63, 3.8) is 0 Å². The maximum atomic E-state index is 5.38. The lowest BCUT2D eigenvalue weighted by Crippen LogP contribution is -1.83. The van der Waals surface area contributed by atoms with Crippen molar-refractivity contribution in [1.82, 2.24) is 0 Å². The van der Waals surface area contributed by atoms with E-state index in [2.05, 4.69) is 19.1 Å². The zero-order valence-electron chi connectivity index (χ0n) is 7.36. The van der Waals surface area contributed by atoms with E-state index in [0.717, 1.165) is 17.9 Å². The zero-order chi connectivity index (χ0) is 9.10. The van der Waals surface area contributed by atoms with Gasteiger partial charge in [0.1, 0.15) is 11.5 Å². The molecule has 0 aliphatic heterocycles. The normalized spacial score (nSPS) is 10.2. The van der Waals surface area contributed by atoms with Gasteiger partial charge in [0.05, 0.1) is 0 Å². The monoisotopic (exact) mass is 171 g/mol. The number of hydrogen-bond acceptors (Lipinski definition) is 1. The van der Waals surface area contributed by atoms with Gasteiger partial charge in [-0.05, 0) is 17.7 Å². The Morgan fingerprint density at radius 2 is 1.77 bits per heavy atom. The van der Waals surface area contributed by atoms with E-state index in [4.69, 9.17) is 4.42 Å². The SMILES string of the molecule is [CH2]c1ccc(Cc2ccccc2)o1. The maximum Gasteiger partial charge on any atom is 0.108 e. The number of rotatable bonds is 2. The molecule has 0 saturated heterocycles. The lowest BCUT2D eigenvalue weighted by Gasteiger charge is -1.96. The lowest BCUT2D eigenvalue weighted by molar-refractivity contribution is 0.505. The smallest absolute Gasteiger partial charge is 0.108 e. The average molecular weight is 171 g/mol. The Labute approximate surface area is 78.0 Å². The molecule has 13 heavy (non-hydrogen) atoms. The molecule has 1 heterocycles. The van der Waals surface area contributed by atoms with E-state index in [1.807, 2.05) is 30.3 Å². The molecule has 0 amide bonds. The van der Waals surface area contributed by atoms with Crippen molar-refractivity contribution in [1.29, 1.82) is 0 Å². The third kappa shape index (κ3) is 2.00. The summed E-state index contributed by atoms with van der Waals surface area (Å²) in [5, 5.41) is 0. The fourth-order valence-corrected chi connectivity index (χ4v) is 1.31. The van der Waals surface area contributed by atoms with Crippen LogP contribution in [0, 0.1) is 6.92 Å². The minimum absolute atomic E-state index is 0.728.